The molecule has 0 spiro atoms. The van der Waals surface area contributed by atoms with Crippen molar-refractivity contribution in [1.82, 2.24) is 5.32 Å². The fourth-order valence-electron chi connectivity index (χ4n) is 2.95. The third kappa shape index (κ3) is 4.22. The van der Waals surface area contributed by atoms with Gasteiger partial charge in [0.25, 0.3) is 0 Å². The maximum absolute atomic E-state index is 12.2. The number of benzene rings is 1. The molecule has 1 amide bonds. The molecule has 2 atom stereocenters. The number of amides is 1. The highest BCUT2D eigenvalue weighted by atomic mass is 35.5. The van der Waals surface area contributed by atoms with Gasteiger partial charge >= 0.3 is 0 Å². The molecule has 0 heterocycles. The number of rotatable bonds is 5. The van der Waals surface area contributed by atoms with Gasteiger partial charge in [-0.05, 0) is 49.4 Å². The summed E-state index contributed by atoms with van der Waals surface area (Å²) in [6, 6.07) is 7.75. The van der Waals surface area contributed by atoms with Gasteiger partial charge in [-0.25, -0.2) is 0 Å². The highest BCUT2D eigenvalue weighted by Crippen LogP contribution is 2.29. The van der Waals surface area contributed by atoms with Gasteiger partial charge in [0.15, 0.2) is 0 Å². The number of halogens is 1. The SMILES string of the molecule is NCC1CCCCC1C(=O)NCCc1ccc(Cl)cc1. The van der Waals surface area contributed by atoms with Crippen LogP contribution in [0.25, 0.3) is 0 Å². The average molecular weight is 295 g/mol. The highest BCUT2D eigenvalue weighted by Gasteiger charge is 2.29. The van der Waals surface area contributed by atoms with Crippen LogP contribution in [0.1, 0.15) is 31.2 Å². The third-order valence-corrected chi connectivity index (χ3v) is 4.43. The van der Waals surface area contributed by atoms with E-state index in [0.717, 1.165) is 30.7 Å². The van der Waals surface area contributed by atoms with Crippen molar-refractivity contribution in [3.05, 3.63) is 34.9 Å². The lowest BCUT2D eigenvalue weighted by Gasteiger charge is -2.29. The van der Waals surface area contributed by atoms with Crippen LogP contribution in [0.2, 0.25) is 5.02 Å². The second-order valence-corrected chi connectivity index (χ2v) is 5.99. The molecule has 1 aliphatic carbocycles. The van der Waals surface area contributed by atoms with Gasteiger partial charge in [-0.15, -0.1) is 0 Å². The van der Waals surface area contributed by atoms with Gasteiger partial charge in [0.05, 0.1) is 0 Å². The van der Waals surface area contributed by atoms with Crippen molar-refractivity contribution in [1.29, 1.82) is 0 Å². The molecule has 20 heavy (non-hydrogen) atoms. The van der Waals surface area contributed by atoms with Crippen molar-refractivity contribution in [2.45, 2.75) is 32.1 Å². The highest BCUT2D eigenvalue weighted by molar-refractivity contribution is 6.30. The first kappa shape index (κ1) is 15.3. The predicted molar refractivity (Wildman–Crippen MR) is 82.7 cm³/mol. The molecule has 4 heteroatoms. The van der Waals surface area contributed by atoms with Crippen molar-refractivity contribution >= 4 is 17.5 Å². The molecule has 0 bridgehead atoms. The minimum atomic E-state index is 0.110. The van der Waals surface area contributed by atoms with Crippen LogP contribution in [-0.4, -0.2) is 19.0 Å². The zero-order chi connectivity index (χ0) is 14.4. The minimum absolute atomic E-state index is 0.110. The van der Waals surface area contributed by atoms with Crippen LogP contribution in [0.15, 0.2) is 24.3 Å². The largest absolute Gasteiger partial charge is 0.356 e. The van der Waals surface area contributed by atoms with Crippen LogP contribution in [-0.2, 0) is 11.2 Å². The molecule has 110 valence electrons. The molecule has 0 aromatic heterocycles. The fourth-order valence-corrected chi connectivity index (χ4v) is 3.07. The van der Waals surface area contributed by atoms with E-state index in [2.05, 4.69) is 5.32 Å². The number of hydrogen-bond donors (Lipinski definition) is 2. The van der Waals surface area contributed by atoms with Gasteiger partial charge in [0, 0.05) is 17.5 Å². The predicted octanol–water partition coefficient (Wildman–Crippen LogP) is 2.76. The minimum Gasteiger partial charge on any atom is -0.356 e. The fraction of sp³-hybridized carbons (Fsp3) is 0.562. The zero-order valence-electron chi connectivity index (χ0n) is 11.8. The van der Waals surface area contributed by atoms with Crippen molar-refractivity contribution < 1.29 is 4.79 Å². The summed E-state index contributed by atoms with van der Waals surface area (Å²) in [6.07, 6.45) is 5.26. The van der Waals surface area contributed by atoms with E-state index in [1.165, 1.54) is 12.0 Å². The number of carbonyl (C=O) groups is 1. The monoisotopic (exact) mass is 294 g/mol. The summed E-state index contributed by atoms with van der Waals surface area (Å²) in [4.78, 5) is 12.2. The van der Waals surface area contributed by atoms with Gasteiger partial charge < -0.3 is 11.1 Å². The second kappa shape index (κ2) is 7.65. The van der Waals surface area contributed by atoms with E-state index in [-0.39, 0.29) is 11.8 Å². The molecule has 2 rings (SSSR count). The van der Waals surface area contributed by atoms with Gasteiger partial charge in [-0.1, -0.05) is 36.6 Å². The molecule has 0 radical (unpaired) electrons. The van der Waals surface area contributed by atoms with Gasteiger partial charge in [0.2, 0.25) is 5.91 Å². The Morgan fingerprint density at radius 3 is 2.65 bits per heavy atom. The normalized spacial score (nSPS) is 22.5. The van der Waals surface area contributed by atoms with Crippen molar-refractivity contribution in [2.75, 3.05) is 13.1 Å². The van der Waals surface area contributed by atoms with Crippen LogP contribution >= 0.6 is 11.6 Å². The summed E-state index contributed by atoms with van der Waals surface area (Å²) in [5.74, 6) is 0.646. The van der Waals surface area contributed by atoms with E-state index in [4.69, 9.17) is 17.3 Å². The lowest BCUT2D eigenvalue weighted by molar-refractivity contribution is -0.127. The molecule has 1 aromatic carbocycles. The first-order valence-corrected chi connectivity index (χ1v) is 7.80. The molecule has 3 nitrogen and oxygen atoms in total. The summed E-state index contributed by atoms with van der Waals surface area (Å²) in [7, 11) is 0. The van der Waals surface area contributed by atoms with E-state index in [9.17, 15) is 4.79 Å². The molecule has 1 aliphatic rings. The number of nitrogens with one attached hydrogen (secondary N) is 1. The summed E-state index contributed by atoms with van der Waals surface area (Å²) < 4.78 is 0. The van der Waals surface area contributed by atoms with Crippen LogP contribution in [0.5, 0.6) is 0 Å². The van der Waals surface area contributed by atoms with E-state index in [1.54, 1.807) is 0 Å². The van der Waals surface area contributed by atoms with E-state index >= 15 is 0 Å². The molecule has 2 unspecified atom stereocenters. The van der Waals surface area contributed by atoms with Gasteiger partial charge in [0.1, 0.15) is 0 Å². The maximum atomic E-state index is 12.2. The van der Waals surface area contributed by atoms with Crippen molar-refractivity contribution in [3.8, 4) is 0 Å². The van der Waals surface area contributed by atoms with Crippen molar-refractivity contribution in [3.63, 3.8) is 0 Å². The van der Waals surface area contributed by atoms with Crippen LogP contribution < -0.4 is 11.1 Å². The quantitative estimate of drug-likeness (QED) is 0.877. The Kier molecular flexibility index (Phi) is 5.86. The molecule has 1 aromatic rings. The maximum Gasteiger partial charge on any atom is 0.223 e. The van der Waals surface area contributed by atoms with Crippen LogP contribution in [0.3, 0.4) is 0 Å². The standard InChI is InChI=1S/C16H23ClN2O/c17-14-7-5-12(6-8-14)9-10-19-16(20)15-4-2-1-3-13(15)11-18/h5-8,13,15H,1-4,9-11,18H2,(H,19,20). The van der Waals surface area contributed by atoms with Crippen molar-refractivity contribution in [2.24, 2.45) is 17.6 Å². The molecular weight excluding hydrogens is 272 g/mol. The number of hydrogen-bond acceptors (Lipinski definition) is 2. The zero-order valence-corrected chi connectivity index (χ0v) is 12.5. The molecule has 0 aliphatic heterocycles. The Labute approximate surface area is 125 Å². The van der Waals surface area contributed by atoms with Gasteiger partial charge in [-0.3, -0.25) is 4.79 Å². The summed E-state index contributed by atoms with van der Waals surface area (Å²) >= 11 is 5.85. The Bertz CT molecular complexity index is 433. The number of carbonyl (C=O) groups excluding carboxylic acids is 1. The number of nitrogens with two attached hydrogens (primary N) is 1. The van der Waals surface area contributed by atoms with Crippen LogP contribution in [0.4, 0.5) is 0 Å². The van der Waals surface area contributed by atoms with Crippen LogP contribution in [0, 0.1) is 11.8 Å². The van der Waals surface area contributed by atoms with E-state index < -0.39 is 0 Å². The Morgan fingerprint density at radius 2 is 1.95 bits per heavy atom. The lowest BCUT2D eigenvalue weighted by atomic mass is 9.79. The summed E-state index contributed by atoms with van der Waals surface area (Å²) in [5, 5.41) is 3.79. The average Bonchev–Trinajstić information content (AvgIpc) is 2.49. The Balaban J connectivity index is 1.78. The molecule has 0 saturated heterocycles. The summed E-state index contributed by atoms with van der Waals surface area (Å²) in [6.45, 7) is 1.30. The second-order valence-electron chi connectivity index (χ2n) is 5.55. The van der Waals surface area contributed by atoms with Gasteiger partial charge in [-0.2, -0.15) is 0 Å². The molecular formula is C16H23ClN2O. The Morgan fingerprint density at radius 1 is 1.25 bits per heavy atom. The third-order valence-electron chi connectivity index (χ3n) is 4.17. The molecule has 1 fully saturated rings. The topological polar surface area (TPSA) is 55.1 Å². The molecule has 3 N–H and O–H groups in total. The van der Waals surface area contributed by atoms with E-state index in [1.807, 2.05) is 24.3 Å². The summed E-state index contributed by atoms with van der Waals surface area (Å²) in [5.41, 5.74) is 6.96. The van der Waals surface area contributed by atoms with E-state index in [0.29, 0.717) is 19.0 Å². The Hall–Kier alpha value is -1.06. The lowest BCUT2D eigenvalue weighted by Crippen LogP contribution is -2.40. The first-order chi connectivity index (χ1) is 9.70. The smallest absolute Gasteiger partial charge is 0.223 e. The first-order valence-electron chi connectivity index (χ1n) is 7.43. The molecule has 1 saturated carbocycles.